The summed E-state index contributed by atoms with van der Waals surface area (Å²) in [6.07, 6.45) is 18.8. The Balaban J connectivity index is 5.21. The number of unbranched alkanes of at least 4 members (excludes halogenated alkanes) is 13. The van der Waals surface area contributed by atoms with Gasteiger partial charge in [0.2, 0.25) is 5.60 Å². The first-order valence-electron chi connectivity index (χ1n) is 14.6. The first-order chi connectivity index (χ1) is 16.4. The summed E-state index contributed by atoms with van der Waals surface area (Å²) in [7, 11) is 3.68. The molecule has 0 aromatic rings. The van der Waals surface area contributed by atoms with Gasteiger partial charge >= 0.3 is 0 Å². The predicted molar refractivity (Wildman–Crippen MR) is 145 cm³/mol. The molecule has 0 spiro atoms. The van der Waals surface area contributed by atoms with Gasteiger partial charge in [0, 0.05) is 33.8 Å². The van der Waals surface area contributed by atoms with Crippen molar-refractivity contribution >= 4 is 11.8 Å². The number of likely N-dealkylation sites (N-methyl/N-ethyl adjacent to an activating group) is 2. The SMILES string of the molecule is CCCCCCCCN(C)C(=O)C(CCCCCC)(OCC)C(=O)N(C)CCCCCCCC. The van der Waals surface area contributed by atoms with Crippen LogP contribution in [0.1, 0.15) is 137 Å². The van der Waals surface area contributed by atoms with E-state index >= 15 is 0 Å². The van der Waals surface area contributed by atoms with E-state index in [4.69, 9.17) is 4.74 Å². The monoisotopic (exact) mass is 482 g/mol. The maximum Gasteiger partial charge on any atom is 0.264 e. The third kappa shape index (κ3) is 13.1. The van der Waals surface area contributed by atoms with Crippen LogP contribution in [0.5, 0.6) is 0 Å². The second-order valence-electron chi connectivity index (χ2n) is 10.1. The number of amides is 2. The van der Waals surface area contributed by atoms with Crippen LogP contribution < -0.4 is 0 Å². The third-order valence-electron chi connectivity index (χ3n) is 6.85. The number of carbonyl (C=O) groups is 2. The summed E-state index contributed by atoms with van der Waals surface area (Å²) in [6.45, 7) is 10.2. The van der Waals surface area contributed by atoms with E-state index in [9.17, 15) is 9.59 Å². The zero-order chi connectivity index (χ0) is 25.7. The molecule has 0 aromatic carbocycles. The van der Waals surface area contributed by atoms with E-state index in [0.29, 0.717) is 26.1 Å². The second kappa shape index (κ2) is 21.2. The van der Waals surface area contributed by atoms with Gasteiger partial charge in [-0.25, -0.2) is 0 Å². The molecule has 2 amide bonds. The van der Waals surface area contributed by atoms with Crippen molar-refractivity contribution in [1.29, 1.82) is 0 Å². The minimum atomic E-state index is -1.38. The minimum absolute atomic E-state index is 0.154. The summed E-state index contributed by atoms with van der Waals surface area (Å²) in [6, 6.07) is 0. The Kier molecular flexibility index (Phi) is 20.5. The molecular weight excluding hydrogens is 424 g/mol. The number of carbonyl (C=O) groups excluding carboxylic acids is 2. The number of hydrogen-bond acceptors (Lipinski definition) is 3. The molecule has 34 heavy (non-hydrogen) atoms. The number of hydrogen-bond donors (Lipinski definition) is 0. The zero-order valence-corrected chi connectivity index (χ0v) is 23.8. The third-order valence-corrected chi connectivity index (χ3v) is 6.85. The largest absolute Gasteiger partial charge is 0.356 e. The summed E-state index contributed by atoms with van der Waals surface area (Å²) < 4.78 is 6.11. The van der Waals surface area contributed by atoms with Crippen LogP contribution in [0.4, 0.5) is 0 Å². The van der Waals surface area contributed by atoms with E-state index in [-0.39, 0.29) is 11.8 Å². The predicted octanol–water partition coefficient (Wildman–Crippen LogP) is 7.37. The second-order valence-corrected chi connectivity index (χ2v) is 10.1. The van der Waals surface area contributed by atoms with Crippen molar-refractivity contribution in [3.05, 3.63) is 0 Å². The fraction of sp³-hybridized carbons (Fsp3) is 0.931. The van der Waals surface area contributed by atoms with Crippen molar-refractivity contribution in [2.24, 2.45) is 0 Å². The van der Waals surface area contributed by atoms with E-state index in [1.165, 1.54) is 51.4 Å². The van der Waals surface area contributed by atoms with Crippen LogP contribution in [-0.4, -0.2) is 61.0 Å². The lowest BCUT2D eigenvalue weighted by atomic mass is 9.91. The van der Waals surface area contributed by atoms with Gasteiger partial charge in [0.1, 0.15) is 0 Å². The Morgan fingerprint density at radius 2 is 0.912 bits per heavy atom. The molecule has 202 valence electrons. The van der Waals surface area contributed by atoms with Gasteiger partial charge in [0.05, 0.1) is 0 Å². The van der Waals surface area contributed by atoms with Crippen molar-refractivity contribution in [3.63, 3.8) is 0 Å². The Morgan fingerprint density at radius 3 is 1.29 bits per heavy atom. The van der Waals surface area contributed by atoms with Gasteiger partial charge < -0.3 is 14.5 Å². The van der Waals surface area contributed by atoms with Crippen molar-refractivity contribution < 1.29 is 14.3 Å². The summed E-state index contributed by atoms with van der Waals surface area (Å²) >= 11 is 0. The molecule has 0 atom stereocenters. The Hall–Kier alpha value is -1.10. The lowest BCUT2D eigenvalue weighted by molar-refractivity contribution is -0.174. The molecule has 0 heterocycles. The first-order valence-corrected chi connectivity index (χ1v) is 14.6. The van der Waals surface area contributed by atoms with Crippen LogP contribution in [0, 0.1) is 0 Å². The van der Waals surface area contributed by atoms with Crippen LogP contribution in [0.3, 0.4) is 0 Å². The topological polar surface area (TPSA) is 49.9 Å². The van der Waals surface area contributed by atoms with Crippen molar-refractivity contribution in [2.75, 3.05) is 33.8 Å². The Morgan fingerprint density at radius 1 is 0.559 bits per heavy atom. The molecule has 0 saturated carbocycles. The van der Waals surface area contributed by atoms with Gasteiger partial charge in [0.15, 0.2) is 0 Å². The smallest absolute Gasteiger partial charge is 0.264 e. The fourth-order valence-electron chi connectivity index (χ4n) is 4.63. The molecule has 5 nitrogen and oxygen atoms in total. The first kappa shape index (κ1) is 32.9. The number of nitrogens with zero attached hydrogens (tertiary/aromatic N) is 2. The van der Waals surface area contributed by atoms with E-state index in [2.05, 4.69) is 20.8 Å². The van der Waals surface area contributed by atoms with Crippen LogP contribution in [0.2, 0.25) is 0 Å². The number of rotatable bonds is 23. The molecule has 0 aliphatic carbocycles. The van der Waals surface area contributed by atoms with E-state index < -0.39 is 5.60 Å². The highest BCUT2D eigenvalue weighted by atomic mass is 16.5. The average molecular weight is 483 g/mol. The molecule has 0 radical (unpaired) electrons. The van der Waals surface area contributed by atoms with E-state index in [1.807, 2.05) is 21.0 Å². The average Bonchev–Trinajstić information content (AvgIpc) is 2.84. The van der Waals surface area contributed by atoms with Crippen molar-refractivity contribution in [3.8, 4) is 0 Å². The zero-order valence-electron chi connectivity index (χ0n) is 23.8. The van der Waals surface area contributed by atoms with Gasteiger partial charge in [-0.1, -0.05) is 104 Å². The van der Waals surface area contributed by atoms with Crippen molar-refractivity contribution in [1.82, 2.24) is 9.80 Å². The standard InChI is InChI=1S/C29H58N2O3/c1-7-11-14-17-19-22-25-30(5)27(32)29(34-10-4,24-21-16-13-9-3)28(33)31(6)26-23-20-18-15-12-8-2/h7-26H2,1-6H3. The molecule has 0 N–H and O–H groups in total. The molecular formula is C29H58N2O3. The lowest BCUT2D eigenvalue weighted by Gasteiger charge is -2.37. The van der Waals surface area contributed by atoms with Gasteiger partial charge in [0.25, 0.3) is 11.8 Å². The maximum absolute atomic E-state index is 13.7. The molecule has 0 rings (SSSR count). The Bertz CT molecular complexity index is 476. The molecule has 0 aliphatic rings. The highest BCUT2D eigenvalue weighted by Gasteiger charge is 2.49. The van der Waals surface area contributed by atoms with Crippen LogP contribution in [0.15, 0.2) is 0 Å². The fourth-order valence-corrected chi connectivity index (χ4v) is 4.63. The van der Waals surface area contributed by atoms with Crippen molar-refractivity contribution in [2.45, 2.75) is 142 Å². The van der Waals surface area contributed by atoms with E-state index in [0.717, 1.165) is 51.4 Å². The summed E-state index contributed by atoms with van der Waals surface area (Å²) in [4.78, 5) is 31.0. The quantitative estimate of drug-likeness (QED) is 0.113. The summed E-state index contributed by atoms with van der Waals surface area (Å²) in [5.74, 6) is -0.307. The Labute approximate surface area is 212 Å². The van der Waals surface area contributed by atoms with Gasteiger partial charge in [-0.15, -0.1) is 0 Å². The lowest BCUT2D eigenvalue weighted by Crippen LogP contribution is -2.59. The molecule has 0 aromatic heterocycles. The molecule has 0 saturated heterocycles. The number of ether oxygens (including phenoxy) is 1. The molecule has 0 fully saturated rings. The van der Waals surface area contributed by atoms with Gasteiger partial charge in [-0.2, -0.15) is 0 Å². The van der Waals surface area contributed by atoms with Crippen LogP contribution >= 0.6 is 0 Å². The van der Waals surface area contributed by atoms with Crippen LogP contribution in [0.25, 0.3) is 0 Å². The molecule has 0 unspecified atom stereocenters. The summed E-state index contributed by atoms with van der Waals surface area (Å²) in [5.41, 5.74) is -1.38. The molecule has 5 heteroatoms. The van der Waals surface area contributed by atoms with Gasteiger partial charge in [-0.3, -0.25) is 9.59 Å². The highest BCUT2D eigenvalue weighted by Crippen LogP contribution is 2.26. The molecule has 0 bridgehead atoms. The van der Waals surface area contributed by atoms with Gasteiger partial charge in [-0.05, 0) is 32.6 Å². The maximum atomic E-state index is 13.7. The molecule has 0 aliphatic heterocycles. The highest BCUT2D eigenvalue weighted by molar-refractivity contribution is 6.08. The van der Waals surface area contributed by atoms with E-state index in [1.54, 1.807) is 9.80 Å². The minimum Gasteiger partial charge on any atom is -0.356 e. The normalized spacial score (nSPS) is 11.6. The van der Waals surface area contributed by atoms with Crippen LogP contribution in [-0.2, 0) is 14.3 Å². The summed E-state index contributed by atoms with van der Waals surface area (Å²) in [5, 5.41) is 0.